The molecule has 0 aliphatic heterocycles. The molecule has 14 heavy (non-hydrogen) atoms. The van der Waals surface area contributed by atoms with Crippen molar-refractivity contribution in [1.29, 1.82) is 0 Å². The van der Waals surface area contributed by atoms with Crippen molar-refractivity contribution in [2.45, 2.75) is 57.6 Å². The van der Waals surface area contributed by atoms with E-state index in [1.54, 1.807) is 6.92 Å². The number of carbonyl (C=O) groups is 1. The molecule has 0 aromatic rings. The lowest BCUT2D eigenvalue weighted by atomic mass is 9.94. The Morgan fingerprint density at radius 1 is 1.43 bits per heavy atom. The third-order valence-corrected chi connectivity index (χ3v) is 2.99. The topological polar surface area (TPSA) is 40.5 Å². The van der Waals surface area contributed by atoms with Crippen molar-refractivity contribution in [3.8, 4) is 0 Å². The molecule has 1 atom stereocenters. The number of carbonyl (C=O) groups excluding carboxylic acids is 1. The lowest BCUT2D eigenvalue weighted by Gasteiger charge is -2.31. The van der Waals surface area contributed by atoms with Crippen LogP contribution >= 0.6 is 0 Å². The van der Waals surface area contributed by atoms with Gasteiger partial charge in [-0.15, -0.1) is 0 Å². The van der Waals surface area contributed by atoms with Crippen LogP contribution in [-0.2, 0) is 4.79 Å². The van der Waals surface area contributed by atoms with E-state index in [-0.39, 0.29) is 12.3 Å². The first-order valence-corrected chi connectivity index (χ1v) is 5.55. The van der Waals surface area contributed by atoms with E-state index in [0.29, 0.717) is 6.04 Å². The molecule has 0 aromatic carbocycles. The molecular formula is C11H21NO2. The molecule has 0 aromatic heterocycles. The molecule has 0 spiro atoms. The van der Waals surface area contributed by atoms with Gasteiger partial charge in [0.05, 0.1) is 12.5 Å². The summed E-state index contributed by atoms with van der Waals surface area (Å²) in [5.41, 5.74) is 0. The minimum absolute atomic E-state index is 0.0758. The molecule has 3 heteroatoms. The van der Waals surface area contributed by atoms with Crippen LogP contribution in [0.2, 0.25) is 0 Å². The van der Waals surface area contributed by atoms with Gasteiger partial charge in [-0.25, -0.2) is 0 Å². The molecule has 0 radical (unpaired) electrons. The molecule has 1 aliphatic rings. The van der Waals surface area contributed by atoms with Gasteiger partial charge in [0.2, 0.25) is 5.91 Å². The number of rotatable bonds is 3. The highest BCUT2D eigenvalue weighted by molar-refractivity contribution is 5.76. The summed E-state index contributed by atoms with van der Waals surface area (Å²) < 4.78 is 0. The lowest BCUT2D eigenvalue weighted by Crippen LogP contribution is -2.39. The summed E-state index contributed by atoms with van der Waals surface area (Å²) in [6.45, 7) is 1.66. The summed E-state index contributed by atoms with van der Waals surface area (Å²) in [7, 11) is 1.86. The number of hydrogen-bond donors (Lipinski definition) is 1. The molecule has 0 bridgehead atoms. The molecule has 1 saturated carbocycles. The standard InChI is InChI=1S/C11H21NO2/c1-9(13)8-11(14)12(2)10-6-4-3-5-7-10/h9-10,13H,3-8H2,1-2H3/t9-/m0/s1. The van der Waals surface area contributed by atoms with E-state index >= 15 is 0 Å². The van der Waals surface area contributed by atoms with Gasteiger partial charge in [0, 0.05) is 13.1 Å². The lowest BCUT2D eigenvalue weighted by molar-refractivity contribution is -0.134. The first-order valence-electron chi connectivity index (χ1n) is 5.55. The Morgan fingerprint density at radius 3 is 2.50 bits per heavy atom. The van der Waals surface area contributed by atoms with Crippen molar-refractivity contribution in [2.24, 2.45) is 0 Å². The van der Waals surface area contributed by atoms with Gasteiger partial charge in [-0.3, -0.25) is 4.79 Å². The Balaban J connectivity index is 2.38. The zero-order valence-corrected chi connectivity index (χ0v) is 9.20. The minimum Gasteiger partial charge on any atom is -0.393 e. The highest BCUT2D eigenvalue weighted by Gasteiger charge is 2.22. The summed E-state index contributed by atoms with van der Waals surface area (Å²) in [5.74, 6) is 0.0758. The van der Waals surface area contributed by atoms with Gasteiger partial charge in [0.25, 0.3) is 0 Å². The largest absolute Gasteiger partial charge is 0.393 e. The number of hydrogen-bond acceptors (Lipinski definition) is 2. The fourth-order valence-corrected chi connectivity index (χ4v) is 2.07. The van der Waals surface area contributed by atoms with Gasteiger partial charge < -0.3 is 10.0 Å². The maximum Gasteiger partial charge on any atom is 0.225 e. The SMILES string of the molecule is C[C@H](O)CC(=O)N(C)C1CCCCC1. The maximum absolute atomic E-state index is 11.6. The van der Waals surface area contributed by atoms with E-state index in [4.69, 9.17) is 5.11 Å². The first kappa shape index (κ1) is 11.5. The van der Waals surface area contributed by atoms with Crippen LogP contribution in [0.3, 0.4) is 0 Å². The second-order valence-electron chi connectivity index (χ2n) is 4.35. The number of aliphatic hydroxyl groups excluding tert-OH is 1. The van der Waals surface area contributed by atoms with Crippen molar-refractivity contribution in [1.82, 2.24) is 4.90 Å². The molecule has 1 rings (SSSR count). The predicted octanol–water partition coefficient (Wildman–Crippen LogP) is 1.55. The van der Waals surface area contributed by atoms with Crippen LogP contribution in [0.15, 0.2) is 0 Å². The van der Waals surface area contributed by atoms with E-state index < -0.39 is 6.10 Å². The van der Waals surface area contributed by atoms with Gasteiger partial charge >= 0.3 is 0 Å². The Hall–Kier alpha value is -0.570. The average Bonchev–Trinajstić information content (AvgIpc) is 2.17. The van der Waals surface area contributed by atoms with E-state index in [2.05, 4.69) is 0 Å². The highest BCUT2D eigenvalue weighted by Crippen LogP contribution is 2.22. The minimum atomic E-state index is -0.520. The Labute approximate surface area is 86.1 Å². The van der Waals surface area contributed by atoms with Crippen LogP contribution < -0.4 is 0 Å². The van der Waals surface area contributed by atoms with Crippen molar-refractivity contribution >= 4 is 5.91 Å². The number of nitrogens with zero attached hydrogens (tertiary/aromatic N) is 1. The Morgan fingerprint density at radius 2 is 2.00 bits per heavy atom. The summed E-state index contributed by atoms with van der Waals surface area (Å²) in [6, 6.07) is 0.412. The van der Waals surface area contributed by atoms with Gasteiger partial charge in [0.15, 0.2) is 0 Å². The van der Waals surface area contributed by atoms with Crippen molar-refractivity contribution < 1.29 is 9.90 Å². The predicted molar refractivity (Wildman–Crippen MR) is 55.9 cm³/mol. The van der Waals surface area contributed by atoms with Crippen molar-refractivity contribution in [3.63, 3.8) is 0 Å². The summed E-state index contributed by atoms with van der Waals surface area (Å²) in [5, 5.41) is 9.12. The quantitative estimate of drug-likeness (QED) is 0.749. The van der Waals surface area contributed by atoms with Gasteiger partial charge in [-0.2, -0.15) is 0 Å². The maximum atomic E-state index is 11.6. The van der Waals surface area contributed by atoms with Crippen molar-refractivity contribution in [2.75, 3.05) is 7.05 Å². The zero-order chi connectivity index (χ0) is 10.6. The van der Waals surface area contributed by atoms with E-state index in [1.807, 2.05) is 11.9 Å². The van der Waals surface area contributed by atoms with Gasteiger partial charge in [0.1, 0.15) is 0 Å². The number of aliphatic hydroxyl groups is 1. The third-order valence-electron chi connectivity index (χ3n) is 2.99. The fraction of sp³-hybridized carbons (Fsp3) is 0.909. The Bertz CT molecular complexity index is 186. The summed E-state index contributed by atoms with van der Waals surface area (Å²) in [6.07, 6.45) is 5.76. The summed E-state index contributed by atoms with van der Waals surface area (Å²) in [4.78, 5) is 13.4. The molecule has 1 aliphatic carbocycles. The fourth-order valence-electron chi connectivity index (χ4n) is 2.07. The second-order valence-corrected chi connectivity index (χ2v) is 4.35. The van der Waals surface area contributed by atoms with Crippen LogP contribution in [0.4, 0.5) is 0 Å². The molecule has 82 valence electrons. The van der Waals surface area contributed by atoms with Gasteiger partial charge in [-0.1, -0.05) is 19.3 Å². The molecule has 0 heterocycles. The first-order chi connectivity index (χ1) is 6.61. The Kier molecular flexibility index (Phi) is 4.39. The highest BCUT2D eigenvalue weighted by atomic mass is 16.3. The van der Waals surface area contributed by atoms with Crippen LogP contribution in [0.25, 0.3) is 0 Å². The van der Waals surface area contributed by atoms with E-state index in [0.717, 1.165) is 12.8 Å². The van der Waals surface area contributed by atoms with Crippen LogP contribution in [0.5, 0.6) is 0 Å². The van der Waals surface area contributed by atoms with Crippen molar-refractivity contribution in [3.05, 3.63) is 0 Å². The smallest absolute Gasteiger partial charge is 0.225 e. The van der Waals surface area contributed by atoms with Gasteiger partial charge in [-0.05, 0) is 19.8 Å². The molecule has 0 saturated heterocycles. The summed E-state index contributed by atoms with van der Waals surface area (Å²) >= 11 is 0. The van der Waals surface area contributed by atoms with Crippen LogP contribution in [-0.4, -0.2) is 35.1 Å². The zero-order valence-electron chi connectivity index (χ0n) is 9.20. The molecule has 3 nitrogen and oxygen atoms in total. The normalized spacial score (nSPS) is 20.5. The second kappa shape index (κ2) is 5.35. The van der Waals surface area contributed by atoms with Crippen LogP contribution in [0, 0.1) is 0 Å². The molecular weight excluding hydrogens is 178 g/mol. The van der Waals surface area contributed by atoms with Crippen LogP contribution in [0.1, 0.15) is 45.4 Å². The number of amides is 1. The molecule has 1 amide bonds. The van der Waals surface area contributed by atoms with E-state index in [9.17, 15) is 4.79 Å². The average molecular weight is 199 g/mol. The molecule has 0 unspecified atom stereocenters. The third kappa shape index (κ3) is 3.29. The molecule has 1 N–H and O–H groups in total. The monoisotopic (exact) mass is 199 g/mol. The molecule has 1 fully saturated rings. The van der Waals surface area contributed by atoms with E-state index in [1.165, 1.54) is 19.3 Å².